The average molecular weight is 529 g/mol. The molecule has 1 N–H and O–H groups in total. The van der Waals surface area contributed by atoms with Crippen molar-refractivity contribution in [3.63, 3.8) is 0 Å². The van der Waals surface area contributed by atoms with Crippen molar-refractivity contribution < 1.29 is 33.0 Å². The van der Waals surface area contributed by atoms with Gasteiger partial charge >= 0.3 is 18.0 Å². The largest absolute Gasteiger partial charge is 0.456 e. The van der Waals surface area contributed by atoms with Gasteiger partial charge in [-0.1, -0.05) is 50.6 Å². The van der Waals surface area contributed by atoms with Crippen LogP contribution in [0.15, 0.2) is 46.9 Å². The highest BCUT2D eigenvalue weighted by Crippen LogP contribution is 2.14. The van der Waals surface area contributed by atoms with Crippen LogP contribution >= 0.6 is 22.6 Å². The van der Waals surface area contributed by atoms with Crippen molar-refractivity contribution in [1.82, 2.24) is 5.32 Å². The summed E-state index contributed by atoms with van der Waals surface area (Å²) in [6.45, 7) is 3.65. The first-order valence-electron chi connectivity index (χ1n) is 9.40. The zero-order chi connectivity index (χ0) is 21.9. The van der Waals surface area contributed by atoms with Crippen molar-refractivity contribution in [3.8, 4) is 0 Å². The minimum atomic E-state index is -0.878. The fraction of sp³-hybridized carbons (Fsp3) is 0.381. The van der Waals surface area contributed by atoms with Gasteiger partial charge in [0.1, 0.15) is 29.6 Å². The molecule has 1 aromatic carbocycles. The van der Waals surface area contributed by atoms with Gasteiger partial charge in [-0.05, 0) is 46.2 Å². The molecule has 1 heterocycles. The van der Waals surface area contributed by atoms with E-state index in [0.717, 1.165) is 5.56 Å². The van der Waals surface area contributed by atoms with Crippen LogP contribution < -0.4 is 5.32 Å². The van der Waals surface area contributed by atoms with Crippen LogP contribution in [0.2, 0.25) is 0 Å². The second-order valence-corrected chi connectivity index (χ2v) is 7.11. The van der Waals surface area contributed by atoms with E-state index in [0.29, 0.717) is 12.2 Å². The lowest BCUT2D eigenvalue weighted by molar-refractivity contribution is -0.149. The van der Waals surface area contributed by atoms with E-state index < -0.39 is 24.1 Å². The predicted molar refractivity (Wildman–Crippen MR) is 116 cm³/mol. The summed E-state index contributed by atoms with van der Waals surface area (Å²) in [6, 6.07) is 11.3. The summed E-state index contributed by atoms with van der Waals surface area (Å²) in [7, 11) is 0. The molecule has 0 saturated heterocycles. The molecule has 2 rings (SSSR count). The third-order valence-electron chi connectivity index (χ3n) is 4.36. The Kier molecular flexibility index (Phi) is 9.65. The second kappa shape index (κ2) is 12.2. The number of hydrogen-bond donors (Lipinski definition) is 1. The third-order valence-corrected chi connectivity index (χ3v) is 4.67. The Hall–Kier alpha value is -2.56. The first kappa shape index (κ1) is 23.7. The Morgan fingerprint density at radius 3 is 2.43 bits per heavy atom. The van der Waals surface area contributed by atoms with Crippen molar-refractivity contribution in [3.05, 3.63) is 59.5 Å². The molecule has 2 aromatic rings. The number of esters is 2. The molecule has 0 unspecified atom stereocenters. The van der Waals surface area contributed by atoms with Crippen LogP contribution in [0.4, 0.5) is 4.79 Å². The van der Waals surface area contributed by atoms with E-state index in [9.17, 15) is 14.4 Å². The molecule has 162 valence electrons. The molecule has 0 aliphatic heterocycles. The minimum absolute atomic E-state index is 0.0267. The Labute approximate surface area is 188 Å². The first-order valence-corrected chi connectivity index (χ1v) is 10.9. The van der Waals surface area contributed by atoms with Crippen molar-refractivity contribution in [2.24, 2.45) is 5.92 Å². The molecule has 30 heavy (non-hydrogen) atoms. The van der Waals surface area contributed by atoms with Crippen molar-refractivity contribution in [1.29, 1.82) is 0 Å². The summed E-state index contributed by atoms with van der Waals surface area (Å²) in [5, 5.41) is 2.57. The van der Waals surface area contributed by atoms with Gasteiger partial charge in [0, 0.05) is 0 Å². The number of alkyl carbamates (subject to hydrolysis) is 1. The summed E-state index contributed by atoms with van der Waals surface area (Å²) in [5.74, 6) is -1.07. The van der Waals surface area contributed by atoms with Crippen LogP contribution in [0, 0.1) is 5.92 Å². The van der Waals surface area contributed by atoms with E-state index in [-0.39, 0.29) is 29.5 Å². The molecule has 0 aliphatic rings. The topological polar surface area (TPSA) is 104 Å². The number of furan rings is 1. The van der Waals surface area contributed by atoms with E-state index in [1.54, 1.807) is 0 Å². The Balaban J connectivity index is 1.90. The Bertz CT molecular complexity index is 837. The number of nitrogens with one attached hydrogen (secondary N) is 1. The number of carbonyl (C=O) groups is 3. The SMILES string of the molecule is CC[C@H](C)[C@H](NC(=O)OCc1ccccc1)C(=O)OCc1ccc(C(=O)OCI)o1. The fourth-order valence-corrected chi connectivity index (χ4v) is 2.76. The van der Waals surface area contributed by atoms with Crippen LogP contribution in [-0.2, 0) is 32.2 Å². The number of amides is 1. The monoisotopic (exact) mass is 529 g/mol. The standard InChI is InChI=1S/C21H24INO7/c1-3-14(2)18(23-21(26)28-11-15-7-5-4-6-8-15)20(25)27-12-16-9-10-17(30-16)19(24)29-13-22/h4-10,14,18H,3,11-13H2,1-2H3,(H,23,26)/t14-,18-/m0/s1. The number of halogens is 1. The zero-order valence-corrected chi connectivity index (χ0v) is 18.9. The lowest BCUT2D eigenvalue weighted by Crippen LogP contribution is -2.46. The summed E-state index contributed by atoms with van der Waals surface area (Å²) < 4.78 is 20.8. The lowest BCUT2D eigenvalue weighted by atomic mass is 9.99. The molecule has 0 aliphatic carbocycles. The normalized spacial score (nSPS) is 12.5. The van der Waals surface area contributed by atoms with Crippen LogP contribution in [0.1, 0.15) is 42.1 Å². The van der Waals surface area contributed by atoms with E-state index in [2.05, 4.69) is 5.32 Å². The number of alkyl halides is 1. The van der Waals surface area contributed by atoms with Gasteiger partial charge in [0.05, 0.1) is 0 Å². The molecule has 9 heteroatoms. The van der Waals surface area contributed by atoms with E-state index in [4.69, 9.17) is 18.6 Å². The molecule has 0 saturated carbocycles. The molecular weight excluding hydrogens is 505 g/mol. The molecule has 2 atom stereocenters. The van der Waals surface area contributed by atoms with Gasteiger partial charge in [-0.25, -0.2) is 14.4 Å². The van der Waals surface area contributed by atoms with Gasteiger partial charge in [0.15, 0.2) is 0 Å². The quantitative estimate of drug-likeness (QED) is 0.213. The molecule has 0 bridgehead atoms. The second-order valence-electron chi connectivity index (χ2n) is 6.48. The lowest BCUT2D eigenvalue weighted by Gasteiger charge is -2.22. The van der Waals surface area contributed by atoms with E-state index >= 15 is 0 Å². The molecule has 0 fully saturated rings. The number of carbonyl (C=O) groups excluding carboxylic acids is 3. The summed E-state index contributed by atoms with van der Waals surface area (Å²) in [6.07, 6.45) is -0.0610. The van der Waals surface area contributed by atoms with E-state index in [1.165, 1.54) is 12.1 Å². The number of benzene rings is 1. The van der Waals surface area contributed by atoms with Crippen LogP contribution in [0.3, 0.4) is 0 Å². The number of rotatable bonds is 10. The summed E-state index contributed by atoms with van der Waals surface area (Å²) in [5.41, 5.74) is 0.838. The van der Waals surface area contributed by atoms with Gasteiger partial charge in [0.25, 0.3) is 0 Å². The van der Waals surface area contributed by atoms with Crippen LogP contribution in [0.25, 0.3) is 0 Å². The maximum Gasteiger partial charge on any atom is 0.408 e. The maximum atomic E-state index is 12.5. The zero-order valence-electron chi connectivity index (χ0n) is 16.8. The van der Waals surface area contributed by atoms with Gasteiger partial charge in [0.2, 0.25) is 5.76 Å². The molecule has 0 spiro atoms. The predicted octanol–water partition coefficient (Wildman–Crippen LogP) is 4.21. The molecule has 0 radical (unpaired) electrons. The minimum Gasteiger partial charge on any atom is -0.456 e. The molecular formula is C21H24INO7. The third kappa shape index (κ3) is 7.36. The average Bonchev–Trinajstić information content (AvgIpc) is 3.24. The van der Waals surface area contributed by atoms with Crippen molar-refractivity contribution in [2.45, 2.75) is 39.5 Å². The van der Waals surface area contributed by atoms with Gasteiger partial charge in [-0.15, -0.1) is 0 Å². The van der Waals surface area contributed by atoms with Crippen molar-refractivity contribution in [2.75, 3.05) is 4.61 Å². The molecule has 1 aromatic heterocycles. The smallest absolute Gasteiger partial charge is 0.408 e. The number of ether oxygens (including phenoxy) is 3. The molecule has 1 amide bonds. The van der Waals surface area contributed by atoms with Gasteiger partial charge < -0.3 is 23.9 Å². The first-order chi connectivity index (χ1) is 14.4. The summed E-state index contributed by atoms with van der Waals surface area (Å²) in [4.78, 5) is 36.3. The Morgan fingerprint density at radius 1 is 1.03 bits per heavy atom. The molecule has 8 nitrogen and oxygen atoms in total. The van der Waals surface area contributed by atoms with Crippen LogP contribution in [0.5, 0.6) is 0 Å². The number of hydrogen-bond acceptors (Lipinski definition) is 7. The Morgan fingerprint density at radius 2 is 1.77 bits per heavy atom. The highest BCUT2D eigenvalue weighted by Gasteiger charge is 2.28. The maximum absolute atomic E-state index is 12.5. The van der Waals surface area contributed by atoms with Gasteiger partial charge in [-0.3, -0.25) is 0 Å². The summed E-state index contributed by atoms with van der Waals surface area (Å²) >= 11 is 1.90. The fourth-order valence-electron chi connectivity index (χ4n) is 2.48. The van der Waals surface area contributed by atoms with Gasteiger partial charge in [-0.2, -0.15) is 0 Å². The highest BCUT2D eigenvalue weighted by molar-refractivity contribution is 14.1. The highest BCUT2D eigenvalue weighted by atomic mass is 127. The van der Waals surface area contributed by atoms with Crippen LogP contribution in [-0.4, -0.2) is 28.7 Å². The van der Waals surface area contributed by atoms with Crippen molar-refractivity contribution >= 4 is 40.6 Å². The van der Waals surface area contributed by atoms with E-state index in [1.807, 2.05) is 66.8 Å².